The minimum atomic E-state index is -0.953. The largest absolute Gasteiger partial charge is 0.481 e. The van der Waals surface area contributed by atoms with Gasteiger partial charge in [-0.05, 0) is 35.1 Å². The number of carboxylic acid groups (broad SMARTS) is 1. The van der Waals surface area contributed by atoms with Crippen molar-refractivity contribution in [3.63, 3.8) is 0 Å². The zero-order valence-corrected chi connectivity index (χ0v) is 15.5. The number of nitrogens with zero attached hydrogens (tertiary/aromatic N) is 1. The van der Waals surface area contributed by atoms with Gasteiger partial charge in [0.25, 0.3) is 0 Å². The second kappa shape index (κ2) is 7.64. The van der Waals surface area contributed by atoms with Crippen LogP contribution in [-0.2, 0) is 9.53 Å². The number of aliphatic hydroxyl groups is 1. The molecule has 0 bridgehead atoms. The molecule has 2 aliphatic rings. The molecule has 6 nitrogen and oxygen atoms in total. The summed E-state index contributed by atoms with van der Waals surface area (Å²) in [6, 6.07) is 16.2. The molecule has 1 saturated heterocycles. The second-order valence-electron chi connectivity index (χ2n) is 7.48. The van der Waals surface area contributed by atoms with Gasteiger partial charge in [0.05, 0.1) is 12.0 Å². The first-order chi connectivity index (χ1) is 13.5. The lowest BCUT2D eigenvalue weighted by atomic mass is 9.98. The molecule has 2 atom stereocenters. The Hall–Kier alpha value is -2.86. The van der Waals surface area contributed by atoms with Crippen molar-refractivity contribution >= 4 is 12.1 Å². The van der Waals surface area contributed by atoms with Crippen molar-refractivity contribution in [3.05, 3.63) is 59.7 Å². The number of fused-ring (bicyclic) bond motifs is 3. The molecule has 0 spiro atoms. The highest BCUT2D eigenvalue weighted by Crippen LogP contribution is 2.44. The number of ether oxygens (including phenoxy) is 1. The Bertz CT molecular complexity index is 851. The molecule has 2 aromatic rings. The molecule has 1 aliphatic heterocycles. The highest BCUT2D eigenvalue weighted by molar-refractivity contribution is 5.79. The third kappa shape index (κ3) is 3.47. The predicted molar refractivity (Wildman–Crippen MR) is 103 cm³/mol. The third-order valence-corrected chi connectivity index (χ3v) is 5.66. The van der Waals surface area contributed by atoms with Crippen molar-refractivity contribution in [1.82, 2.24) is 4.90 Å². The van der Waals surface area contributed by atoms with E-state index in [0.717, 1.165) is 22.3 Å². The number of carboxylic acids is 1. The van der Waals surface area contributed by atoms with Gasteiger partial charge in [-0.25, -0.2) is 4.79 Å². The van der Waals surface area contributed by atoms with Crippen LogP contribution in [0.2, 0.25) is 0 Å². The van der Waals surface area contributed by atoms with Gasteiger partial charge >= 0.3 is 12.1 Å². The average Bonchev–Trinajstić information content (AvgIpc) is 2.87. The van der Waals surface area contributed by atoms with E-state index < -0.39 is 24.1 Å². The second-order valence-corrected chi connectivity index (χ2v) is 7.48. The third-order valence-electron chi connectivity index (χ3n) is 5.66. The lowest BCUT2D eigenvalue weighted by molar-refractivity contribution is -0.142. The van der Waals surface area contributed by atoms with Crippen LogP contribution < -0.4 is 0 Å². The summed E-state index contributed by atoms with van der Waals surface area (Å²) in [7, 11) is 0. The Morgan fingerprint density at radius 2 is 1.57 bits per heavy atom. The standard InChI is InChI=1S/C22H23NO5/c24-15-10-9-14(21(25)26)11-23(12-15)22(27)28-13-20-18-7-3-1-5-16(18)17-6-2-4-8-19(17)20/h1-8,14-15,20,24H,9-13H2,(H,25,26)/t14-,15+/m0/s1. The van der Waals surface area contributed by atoms with E-state index in [2.05, 4.69) is 12.1 Å². The number of carbonyl (C=O) groups is 2. The van der Waals surface area contributed by atoms with Crippen LogP contribution in [0.1, 0.15) is 29.9 Å². The van der Waals surface area contributed by atoms with Crippen LogP contribution in [0.15, 0.2) is 48.5 Å². The van der Waals surface area contributed by atoms with Gasteiger partial charge in [-0.1, -0.05) is 48.5 Å². The number of rotatable bonds is 3. The molecule has 0 radical (unpaired) electrons. The fourth-order valence-corrected chi connectivity index (χ4v) is 4.21. The molecule has 2 aromatic carbocycles. The molecular formula is C22H23NO5. The number of β-amino-alcohol motifs (C(OH)–C–C–N with tert-alkyl or cyclic N) is 1. The van der Waals surface area contributed by atoms with Crippen molar-refractivity contribution in [3.8, 4) is 11.1 Å². The van der Waals surface area contributed by atoms with Crippen molar-refractivity contribution in [2.75, 3.05) is 19.7 Å². The molecule has 6 heteroatoms. The molecule has 1 heterocycles. The van der Waals surface area contributed by atoms with Gasteiger partial charge in [0.15, 0.2) is 0 Å². The molecule has 28 heavy (non-hydrogen) atoms. The van der Waals surface area contributed by atoms with Crippen molar-refractivity contribution < 1.29 is 24.5 Å². The van der Waals surface area contributed by atoms with Crippen LogP contribution in [-0.4, -0.2) is 53.0 Å². The van der Waals surface area contributed by atoms with Gasteiger partial charge in [0.2, 0.25) is 0 Å². The molecule has 4 rings (SSSR count). The maximum Gasteiger partial charge on any atom is 0.409 e. The monoisotopic (exact) mass is 381 g/mol. The van der Waals surface area contributed by atoms with E-state index in [1.165, 1.54) is 4.90 Å². The molecule has 1 aliphatic carbocycles. The average molecular weight is 381 g/mol. The lowest BCUT2D eigenvalue weighted by Gasteiger charge is -2.24. The number of hydrogen-bond acceptors (Lipinski definition) is 4. The Kier molecular flexibility index (Phi) is 5.05. The van der Waals surface area contributed by atoms with Gasteiger partial charge < -0.3 is 19.8 Å². The Morgan fingerprint density at radius 3 is 2.18 bits per heavy atom. The minimum absolute atomic E-state index is 0.0523. The molecule has 1 amide bonds. The van der Waals surface area contributed by atoms with Crippen molar-refractivity contribution in [2.45, 2.75) is 24.9 Å². The summed E-state index contributed by atoms with van der Waals surface area (Å²) in [6.07, 6.45) is -0.591. The summed E-state index contributed by atoms with van der Waals surface area (Å²) in [4.78, 5) is 25.3. The number of likely N-dealkylation sites (tertiary alicyclic amines) is 1. The summed E-state index contributed by atoms with van der Waals surface area (Å²) < 4.78 is 5.59. The molecular weight excluding hydrogens is 358 g/mol. The first-order valence-corrected chi connectivity index (χ1v) is 9.55. The Labute approximate surface area is 163 Å². The van der Waals surface area contributed by atoms with Gasteiger partial charge in [-0.15, -0.1) is 0 Å². The number of aliphatic hydroxyl groups excluding tert-OH is 1. The number of carbonyl (C=O) groups excluding carboxylic acids is 1. The van der Waals surface area contributed by atoms with Crippen molar-refractivity contribution in [2.24, 2.45) is 5.92 Å². The fraction of sp³-hybridized carbons (Fsp3) is 0.364. The number of aliphatic carboxylic acids is 1. The van der Waals surface area contributed by atoms with Crippen LogP contribution in [0.4, 0.5) is 4.79 Å². The molecule has 1 fully saturated rings. The van der Waals surface area contributed by atoms with Crippen LogP contribution in [0.3, 0.4) is 0 Å². The van der Waals surface area contributed by atoms with E-state index in [1.807, 2.05) is 36.4 Å². The van der Waals surface area contributed by atoms with E-state index >= 15 is 0 Å². The van der Waals surface area contributed by atoms with Crippen LogP contribution in [0.5, 0.6) is 0 Å². The van der Waals surface area contributed by atoms with Crippen LogP contribution in [0, 0.1) is 5.92 Å². The first-order valence-electron chi connectivity index (χ1n) is 9.55. The van der Waals surface area contributed by atoms with E-state index in [1.54, 1.807) is 0 Å². The highest BCUT2D eigenvalue weighted by atomic mass is 16.6. The normalized spacial score (nSPS) is 21.5. The van der Waals surface area contributed by atoms with Gasteiger partial charge in [-0.2, -0.15) is 0 Å². The fourth-order valence-electron chi connectivity index (χ4n) is 4.21. The lowest BCUT2D eigenvalue weighted by Crippen LogP contribution is -2.40. The van der Waals surface area contributed by atoms with E-state index in [9.17, 15) is 19.8 Å². The molecule has 2 N–H and O–H groups in total. The number of benzene rings is 2. The van der Waals surface area contributed by atoms with Crippen LogP contribution in [0.25, 0.3) is 11.1 Å². The maximum absolute atomic E-state index is 12.6. The maximum atomic E-state index is 12.6. The topological polar surface area (TPSA) is 87.1 Å². The highest BCUT2D eigenvalue weighted by Gasteiger charge is 2.33. The van der Waals surface area contributed by atoms with Gasteiger partial charge in [0, 0.05) is 19.0 Å². The van der Waals surface area contributed by atoms with Gasteiger partial charge in [-0.3, -0.25) is 4.79 Å². The molecule has 0 aromatic heterocycles. The Balaban J connectivity index is 1.49. The molecule has 146 valence electrons. The van der Waals surface area contributed by atoms with Crippen molar-refractivity contribution in [1.29, 1.82) is 0 Å². The summed E-state index contributed by atoms with van der Waals surface area (Å²) in [5.74, 6) is -1.69. The molecule has 0 unspecified atom stereocenters. The quantitative estimate of drug-likeness (QED) is 0.853. The minimum Gasteiger partial charge on any atom is -0.481 e. The summed E-state index contributed by atoms with van der Waals surface area (Å²) in [5, 5.41) is 19.3. The van der Waals surface area contributed by atoms with E-state index in [0.29, 0.717) is 12.8 Å². The van der Waals surface area contributed by atoms with E-state index in [4.69, 9.17) is 4.74 Å². The number of hydrogen-bond donors (Lipinski definition) is 2. The SMILES string of the molecule is O=C(O)[C@H]1CC[C@@H](O)CN(C(=O)OCC2c3ccccc3-c3ccccc32)C1. The number of amides is 1. The predicted octanol–water partition coefficient (Wildman–Crippen LogP) is 3.09. The summed E-state index contributed by atoms with van der Waals surface area (Å²) in [5.41, 5.74) is 4.54. The smallest absolute Gasteiger partial charge is 0.409 e. The van der Waals surface area contributed by atoms with Gasteiger partial charge in [0.1, 0.15) is 6.61 Å². The molecule has 0 saturated carbocycles. The first kappa shape index (κ1) is 18.5. The summed E-state index contributed by atoms with van der Waals surface area (Å²) in [6.45, 7) is 0.334. The Morgan fingerprint density at radius 1 is 0.964 bits per heavy atom. The zero-order chi connectivity index (χ0) is 19.7. The van der Waals surface area contributed by atoms with Crippen LogP contribution >= 0.6 is 0 Å². The summed E-state index contributed by atoms with van der Waals surface area (Å²) >= 11 is 0. The van der Waals surface area contributed by atoms with E-state index in [-0.39, 0.29) is 25.6 Å². The zero-order valence-electron chi connectivity index (χ0n) is 15.5.